The summed E-state index contributed by atoms with van der Waals surface area (Å²) in [6.45, 7) is 1.74. The van der Waals surface area contributed by atoms with Crippen LogP contribution in [0.25, 0.3) is 5.69 Å². The molecule has 2 aromatic rings. The summed E-state index contributed by atoms with van der Waals surface area (Å²) in [5.74, 6) is -0.203. The number of nitrogens with one attached hydrogen (secondary N) is 1. The second kappa shape index (κ2) is 6.78. The number of piperidine rings is 1. The lowest BCUT2D eigenvalue weighted by molar-refractivity contribution is 0.240. The van der Waals surface area contributed by atoms with E-state index in [1.165, 1.54) is 17.2 Å². The number of H-pyrrole nitrogens is 1. The molecule has 120 valence electrons. The van der Waals surface area contributed by atoms with Gasteiger partial charge in [0.25, 0.3) is 5.56 Å². The zero-order valence-corrected chi connectivity index (χ0v) is 13.4. The maximum absolute atomic E-state index is 12.1. The molecule has 1 saturated heterocycles. The molecule has 1 aliphatic heterocycles. The molecule has 0 amide bonds. The Morgan fingerprint density at radius 3 is 2.57 bits per heavy atom. The number of rotatable bonds is 3. The van der Waals surface area contributed by atoms with Gasteiger partial charge < -0.3 is 5.11 Å². The molecule has 2 N–H and O–H groups in total. The number of benzene rings is 1. The van der Waals surface area contributed by atoms with Crippen molar-refractivity contribution in [2.45, 2.75) is 19.3 Å². The summed E-state index contributed by atoms with van der Waals surface area (Å²) in [5.41, 5.74) is 0.340. The predicted octanol–water partition coefficient (Wildman–Crippen LogP) is 2.42. The Morgan fingerprint density at radius 2 is 1.87 bits per heavy atom. The van der Waals surface area contributed by atoms with Crippen molar-refractivity contribution in [2.24, 2.45) is 5.10 Å². The minimum Gasteiger partial charge on any atom is -0.494 e. The Bertz CT molecular complexity index is 820. The van der Waals surface area contributed by atoms with Crippen molar-refractivity contribution in [3.8, 4) is 11.6 Å². The van der Waals surface area contributed by atoms with Crippen LogP contribution in [-0.4, -0.2) is 39.0 Å². The fraction of sp³-hybridized carbons (Fsp3) is 0.312. The molecule has 2 heterocycles. The molecule has 1 aromatic carbocycles. The third-order valence-electron chi connectivity index (χ3n) is 3.82. The van der Waals surface area contributed by atoms with Gasteiger partial charge >= 0.3 is 0 Å². The molecule has 0 aliphatic carbocycles. The van der Waals surface area contributed by atoms with E-state index in [0.717, 1.165) is 25.9 Å². The Balaban J connectivity index is 2.02. The van der Waals surface area contributed by atoms with Crippen molar-refractivity contribution in [3.05, 3.63) is 51.0 Å². The molecule has 7 heteroatoms. The van der Waals surface area contributed by atoms with Gasteiger partial charge in [-0.15, -0.1) is 0 Å². The van der Waals surface area contributed by atoms with Gasteiger partial charge in [-0.2, -0.15) is 5.10 Å². The standard InChI is InChI=1S/C16H18N4O2S/c21-14-13(11-17-19-9-5-2-6-10-19)15(22)20(16(23)18-14)12-7-3-1-4-8-12/h1,3-4,7-8,11,22H,2,5-6,9-10H2,(H,18,21,23)/b17-11+. The van der Waals surface area contributed by atoms with Crippen molar-refractivity contribution in [2.75, 3.05) is 13.1 Å². The van der Waals surface area contributed by atoms with Gasteiger partial charge in [0.15, 0.2) is 4.77 Å². The molecular weight excluding hydrogens is 312 g/mol. The predicted molar refractivity (Wildman–Crippen MR) is 91.9 cm³/mol. The van der Waals surface area contributed by atoms with Gasteiger partial charge in [-0.3, -0.25) is 19.4 Å². The highest BCUT2D eigenvalue weighted by Crippen LogP contribution is 2.18. The van der Waals surface area contributed by atoms with E-state index in [2.05, 4.69) is 10.1 Å². The van der Waals surface area contributed by atoms with Gasteiger partial charge in [0.05, 0.1) is 11.9 Å². The van der Waals surface area contributed by atoms with Crippen LogP contribution in [0, 0.1) is 4.77 Å². The van der Waals surface area contributed by atoms with Crippen LogP contribution in [0.3, 0.4) is 0 Å². The molecule has 6 nitrogen and oxygen atoms in total. The highest BCUT2D eigenvalue weighted by Gasteiger charge is 2.13. The molecule has 0 saturated carbocycles. The fourth-order valence-corrected chi connectivity index (χ4v) is 2.89. The highest BCUT2D eigenvalue weighted by molar-refractivity contribution is 7.71. The van der Waals surface area contributed by atoms with Gasteiger partial charge in [0.1, 0.15) is 5.56 Å². The van der Waals surface area contributed by atoms with E-state index in [4.69, 9.17) is 12.2 Å². The van der Waals surface area contributed by atoms with E-state index in [-0.39, 0.29) is 16.2 Å². The zero-order valence-electron chi connectivity index (χ0n) is 12.6. The maximum Gasteiger partial charge on any atom is 0.264 e. The largest absolute Gasteiger partial charge is 0.494 e. The number of aromatic amines is 1. The quantitative estimate of drug-likeness (QED) is 0.669. The minimum absolute atomic E-state index is 0.105. The number of hydrogen-bond donors (Lipinski definition) is 2. The van der Waals surface area contributed by atoms with Gasteiger partial charge in [-0.05, 0) is 43.6 Å². The summed E-state index contributed by atoms with van der Waals surface area (Å²) < 4.78 is 1.57. The lowest BCUT2D eigenvalue weighted by Crippen LogP contribution is -2.25. The first-order valence-corrected chi connectivity index (χ1v) is 8.00. The number of aromatic nitrogens is 2. The van der Waals surface area contributed by atoms with Crippen molar-refractivity contribution >= 4 is 18.4 Å². The molecular formula is C16H18N4O2S. The summed E-state index contributed by atoms with van der Waals surface area (Å²) in [6.07, 6.45) is 4.80. The molecule has 0 radical (unpaired) electrons. The number of para-hydroxylation sites is 1. The lowest BCUT2D eigenvalue weighted by atomic mass is 10.2. The van der Waals surface area contributed by atoms with Gasteiger partial charge in [-0.25, -0.2) is 0 Å². The Labute approximate surface area is 138 Å². The van der Waals surface area contributed by atoms with E-state index in [0.29, 0.717) is 5.69 Å². The highest BCUT2D eigenvalue weighted by atomic mass is 32.1. The molecule has 1 fully saturated rings. The van der Waals surface area contributed by atoms with Crippen molar-refractivity contribution in [1.82, 2.24) is 14.6 Å². The Hall–Kier alpha value is -2.41. The molecule has 0 unspecified atom stereocenters. The topological polar surface area (TPSA) is 73.6 Å². The molecule has 1 aromatic heterocycles. The first-order valence-electron chi connectivity index (χ1n) is 7.59. The molecule has 0 spiro atoms. The number of aromatic hydroxyl groups is 1. The fourth-order valence-electron chi connectivity index (χ4n) is 2.60. The number of hydrogen-bond acceptors (Lipinski definition) is 5. The normalized spacial score (nSPS) is 15.2. The van der Waals surface area contributed by atoms with E-state index in [1.54, 1.807) is 12.1 Å². The summed E-state index contributed by atoms with van der Waals surface area (Å²) in [7, 11) is 0. The third-order valence-corrected chi connectivity index (χ3v) is 4.10. The van der Waals surface area contributed by atoms with E-state index < -0.39 is 5.56 Å². The van der Waals surface area contributed by atoms with Crippen LogP contribution < -0.4 is 5.56 Å². The van der Waals surface area contributed by atoms with Crippen LogP contribution in [0.5, 0.6) is 5.88 Å². The van der Waals surface area contributed by atoms with Crippen LogP contribution in [0.4, 0.5) is 0 Å². The van der Waals surface area contributed by atoms with Crippen LogP contribution in [0.2, 0.25) is 0 Å². The van der Waals surface area contributed by atoms with Crippen LogP contribution >= 0.6 is 12.2 Å². The third kappa shape index (κ3) is 3.34. The minimum atomic E-state index is -0.444. The smallest absolute Gasteiger partial charge is 0.264 e. The van der Waals surface area contributed by atoms with Crippen molar-refractivity contribution in [3.63, 3.8) is 0 Å². The van der Waals surface area contributed by atoms with Crippen molar-refractivity contribution < 1.29 is 5.11 Å². The second-order valence-electron chi connectivity index (χ2n) is 5.43. The summed E-state index contributed by atoms with van der Waals surface area (Å²) in [4.78, 5) is 14.7. The number of nitrogens with zero attached hydrogens (tertiary/aromatic N) is 3. The summed E-state index contributed by atoms with van der Waals surface area (Å²) in [5, 5.41) is 16.7. The van der Waals surface area contributed by atoms with E-state index in [1.807, 2.05) is 23.2 Å². The molecule has 23 heavy (non-hydrogen) atoms. The van der Waals surface area contributed by atoms with Gasteiger partial charge in [0.2, 0.25) is 5.88 Å². The summed E-state index contributed by atoms with van der Waals surface area (Å²) in [6, 6.07) is 9.15. The van der Waals surface area contributed by atoms with Crippen LogP contribution in [-0.2, 0) is 0 Å². The van der Waals surface area contributed by atoms with Crippen LogP contribution in [0.1, 0.15) is 24.8 Å². The van der Waals surface area contributed by atoms with E-state index in [9.17, 15) is 9.90 Å². The average molecular weight is 330 g/mol. The molecule has 0 atom stereocenters. The molecule has 1 aliphatic rings. The maximum atomic E-state index is 12.1. The SMILES string of the molecule is O=c1[nH]c(=S)n(-c2ccccc2)c(O)c1/C=N/N1CCCCC1. The second-order valence-corrected chi connectivity index (χ2v) is 5.81. The first kappa shape index (κ1) is 15.5. The zero-order chi connectivity index (χ0) is 16.2. The Kier molecular flexibility index (Phi) is 4.57. The van der Waals surface area contributed by atoms with E-state index >= 15 is 0 Å². The first-order chi connectivity index (χ1) is 11.2. The van der Waals surface area contributed by atoms with Crippen molar-refractivity contribution in [1.29, 1.82) is 0 Å². The monoisotopic (exact) mass is 330 g/mol. The average Bonchev–Trinajstić information content (AvgIpc) is 2.56. The Morgan fingerprint density at radius 1 is 1.17 bits per heavy atom. The molecule has 0 bridgehead atoms. The summed E-state index contributed by atoms with van der Waals surface area (Å²) >= 11 is 5.17. The van der Waals surface area contributed by atoms with Gasteiger partial charge in [0, 0.05) is 13.1 Å². The van der Waals surface area contributed by atoms with Gasteiger partial charge in [-0.1, -0.05) is 18.2 Å². The van der Waals surface area contributed by atoms with Crippen LogP contribution in [0.15, 0.2) is 40.2 Å². The molecule has 3 rings (SSSR count). The number of hydrazone groups is 1. The lowest BCUT2D eigenvalue weighted by Gasteiger charge is -2.23.